The Morgan fingerprint density at radius 2 is 1.86 bits per heavy atom. The number of carbonyl (C=O) groups is 2. The van der Waals surface area contributed by atoms with Gasteiger partial charge in [0.2, 0.25) is 5.91 Å². The van der Waals surface area contributed by atoms with Crippen molar-refractivity contribution in [1.82, 2.24) is 4.57 Å². The van der Waals surface area contributed by atoms with E-state index < -0.39 is 5.97 Å². The summed E-state index contributed by atoms with van der Waals surface area (Å²) in [7, 11) is 3.16. The van der Waals surface area contributed by atoms with Gasteiger partial charge in [0.15, 0.2) is 0 Å². The number of methoxy groups -OCH3 is 2. The van der Waals surface area contributed by atoms with Gasteiger partial charge in [-0.2, -0.15) is 0 Å². The Kier molecular flexibility index (Phi) is 5.84. The summed E-state index contributed by atoms with van der Waals surface area (Å²) < 4.78 is 17.5. The summed E-state index contributed by atoms with van der Waals surface area (Å²) in [5, 5.41) is 3.66. The zero-order valence-electron chi connectivity index (χ0n) is 16.0. The van der Waals surface area contributed by atoms with Gasteiger partial charge in [-0.3, -0.25) is 4.79 Å². The molecule has 7 heteroatoms. The Balaban J connectivity index is 1.84. The standard InChI is InChI=1S/C21H22N2O5/c1-4-28-21(25)15-7-5-6-8-17(15)22-20(24)13-23-10-9-16-18(23)11-14(26-2)12-19(16)27-3/h5-12H,4,13H2,1-3H3,(H,22,24). The predicted octanol–water partition coefficient (Wildman–Crippen LogP) is 3.47. The number of nitrogens with one attached hydrogen (secondary N) is 1. The second kappa shape index (κ2) is 8.47. The van der Waals surface area contributed by atoms with Crippen LogP contribution in [0.3, 0.4) is 0 Å². The summed E-state index contributed by atoms with van der Waals surface area (Å²) in [4.78, 5) is 24.7. The van der Waals surface area contributed by atoms with Crippen LogP contribution in [0.5, 0.6) is 11.5 Å². The fourth-order valence-corrected chi connectivity index (χ4v) is 2.99. The predicted molar refractivity (Wildman–Crippen MR) is 106 cm³/mol. The van der Waals surface area contributed by atoms with Crippen LogP contribution < -0.4 is 14.8 Å². The molecule has 0 aliphatic carbocycles. The lowest BCUT2D eigenvalue weighted by Gasteiger charge is -2.12. The molecule has 0 aliphatic heterocycles. The number of carbonyl (C=O) groups excluding carboxylic acids is 2. The third kappa shape index (κ3) is 3.93. The van der Waals surface area contributed by atoms with E-state index >= 15 is 0 Å². The minimum absolute atomic E-state index is 0.0664. The van der Waals surface area contributed by atoms with E-state index in [4.69, 9.17) is 14.2 Å². The molecule has 3 rings (SSSR count). The number of ether oxygens (including phenoxy) is 3. The molecular formula is C21H22N2O5. The number of hydrogen-bond acceptors (Lipinski definition) is 5. The van der Waals surface area contributed by atoms with Crippen molar-refractivity contribution >= 4 is 28.5 Å². The molecule has 1 aromatic heterocycles. The van der Waals surface area contributed by atoms with Crippen molar-refractivity contribution in [3.05, 3.63) is 54.2 Å². The van der Waals surface area contributed by atoms with Crippen LogP contribution in [-0.4, -0.2) is 37.3 Å². The first-order valence-electron chi connectivity index (χ1n) is 8.84. The quantitative estimate of drug-likeness (QED) is 0.633. The highest BCUT2D eigenvalue weighted by Gasteiger charge is 2.15. The lowest BCUT2D eigenvalue weighted by atomic mass is 10.2. The maximum atomic E-state index is 12.6. The van der Waals surface area contributed by atoms with Crippen molar-refractivity contribution in [3.63, 3.8) is 0 Å². The van der Waals surface area contributed by atoms with E-state index in [2.05, 4.69) is 5.32 Å². The van der Waals surface area contributed by atoms with Crippen LogP contribution in [0.25, 0.3) is 10.9 Å². The summed E-state index contributed by atoms with van der Waals surface area (Å²) in [5.41, 5.74) is 1.54. The highest BCUT2D eigenvalue weighted by Crippen LogP contribution is 2.32. The van der Waals surface area contributed by atoms with Crippen LogP contribution in [0.15, 0.2) is 48.7 Å². The molecule has 0 fully saturated rings. The number of rotatable bonds is 7. The number of fused-ring (bicyclic) bond motifs is 1. The molecule has 0 bridgehead atoms. The third-order valence-corrected chi connectivity index (χ3v) is 4.29. The second-order valence-electron chi connectivity index (χ2n) is 6.02. The zero-order valence-corrected chi connectivity index (χ0v) is 16.0. The Morgan fingerprint density at radius 1 is 1.07 bits per heavy atom. The van der Waals surface area contributed by atoms with Gasteiger partial charge in [-0.1, -0.05) is 12.1 Å². The van der Waals surface area contributed by atoms with Crippen LogP contribution in [0, 0.1) is 0 Å². The van der Waals surface area contributed by atoms with Crippen molar-refractivity contribution in [2.24, 2.45) is 0 Å². The number of hydrogen-bond donors (Lipinski definition) is 1. The van der Waals surface area contributed by atoms with Gasteiger partial charge >= 0.3 is 5.97 Å². The number of nitrogens with zero attached hydrogens (tertiary/aromatic N) is 1. The molecule has 0 radical (unpaired) electrons. The summed E-state index contributed by atoms with van der Waals surface area (Å²) in [6, 6.07) is 12.3. The summed E-state index contributed by atoms with van der Waals surface area (Å²) in [5.74, 6) is 0.564. The average Bonchev–Trinajstić information content (AvgIpc) is 3.10. The van der Waals surface area contributed by atoms with Crippen molar-refractivity contribution in [3.8, 4) is 11.5 Å². The first-order valence-corrected chi connectivity index (χ1v) is 8.84. The Hall–Kier alpha value is -3.48. The normalized spacial score (nSPS) is 10.5. The van der Waals surface area contributed by atoms with E-state index in [-0.39, 0.29) is 19.1 Å². The minimum Gasteiger partial charge on any atom is -0.497 e. The van der Waals surface area contributed by atoms with Crippen LogP contribution in [0.2, 0.25) is 0 Å². The molecule has 0 atom stereocenters. The smallest absolute Gasteiger partial charge is 0.340 e. The maximum Gasteiger partial charge on any atom is 0.340 e. The van der Waals surface area contributed by atoms with Gasteiger partial charge in [0.25, 0.3) is 0 Å². The number of amides is 1. The molecule has 7 nitrogen and oxygen atoms in total. The Labute approximate surface area is 162 Å². The van der Waals surface area contributed by atoms with Gasteiger partial charge < -0.3 is 24.1 Å². The van der Waals surface area contributed by atoms with E-state index in [0.29, 0.717) is 22.7 Å². The molecule has 28 heavy (non-hydrogen) atoms. The lowest BCUT2D eigenvalue weighted by molar-refractivity contribution is -0.116. The first kappa shape index (κ1) is 19.3. The summed E-state index contributed by atoms with van der Waals surface area (Å²) in [6.07, 6.45) is 1.81. The lowest BCUT2D eigenvalue weighted by Crippen LogP contribution is -2.20. The summed E-state index contributed by atoms with van der Waals surface area (Å²) >= 11 is 0. The fraction of sp³-hybridized carbons (Fsp3) is 0.238. The van der Waals surface area contributed by atoms with Crippen molar-refractivity contribution in [2.75, 3.05) is 26.1 Å². The number of anilines is 1. The largest absolute Gasteiger partial charge is 0.497 e. The van der Waals surface area contributed by atoms with Gasteiger partial charge in [-0.05, 0) is 25.1 Å². The molecule has 0 saturated carbocycles. The van der Waals surface area contributed by atoms with Crippen LogP contribution in [-0.2, 0) is 16.1 Å². The van der Waals surface area contributed by atoms with Crippen molar-refractivity contribution < 1.29 is 23.8 Å². The number of esters is 1. The molecule has 146 valence electrons. The molecule has 1 N–H and O–H groups in total. The van der Waals surface area contributed by atoms with Gasteiger partial charge in [-0.15, -0.1) is 0 Å². The van der Waals surface area contributed by atoms with Crippen LogP contribution in [0.1, 0.15) is 17.3 Å². The third-order valence-electron chi connectivity index (χ3n) is 4.29. The highest BCUT2D eigenvalue weighted by molar-refractivity contribution is 6.01. The van der Waals surface area contributed by atoms with E-state index in [1.54, 1.807) is 56.0 Å². The van der Waals surface area contributed by atoms with Gasteiger partial charge in [-0.25, -0.2) is 4.79 Å². The summed E-state index contributed by atoms with van der Waals surface area (Å²) in [6.45, 7) is 2.07. The first-order chi connectivity index (χ1) is 13.6. The molecule has 0 saturated heterocycles. The van der Waals surface area contributed by atoms with Gasteiger partial charge in [0.05, 0.1) is 37.6 Å². The molecular weight excluding hydrogens is 360 g/mol. The SMILES string of the molecule is CCOC(=O)c1ccccc1NC(=O)Cn1ccc2c(OC)cc(OC)cc21. The molecule has 1 heterocycles. The number of para-hydroxylation sites is 1. The number of benzene rings is 2. The Bertz CT molecular complexity index is 1010. The molecule has 2 aromatic carbocycles. The zero-order chi connectivity index (χ0) is 20.1. The van der Waals surface area contributed by atoms with E-state index in [0.717, 1.165) is 10.9 Å². The topological polar surface area (TPSA) is 78.8 Å². The van der Waals surface area contributed by atoms with E-state index in [1.165, 1.54) is 0 Å². The molecule has 3 aromatic rings. The second-order valence-corrected chi connectivity index (χ2v) is 6.02. The molecule has 0 aliphatic rings. The number of aromatic nitrogens is 1. The highest BCUT2D eigenvalue weighted by atomic mass is 16.5. The van der Waals surface area contributed by atoms with Gasteiger partial charge in [0, 0.05) is 23.7 Å². The molecule has 1 amide bonds. The van der Waals surface area contributed by atoms with Gasteiger partial charge in [0.1, 0.15) is 18.0 Å². The fourth-order valence-electron chi connectivity index (χ4n) is 2.99. The monoisotopic (exact) mass is 382 g/mol. The van der Waals surface area contributed by atoms with Crippen LogP contribution in [0.4, 0.5) is 5.69 Å². The molecule has 0 unspecified atom stereocenters. The minimum atomic E-state index is -0.473. The van der Waals surface area contributed by atoms with Crippen molar-refractivity contribution in [2.45, 2.75) is 13.5 Å². The maximum absolute atomic E-state index is 12.6. The molecule has 0 spiro atoms. The van der Waals surface area contributed by atoms with Crippen molar-refractivity contribution in [1.29, 1.82) is 0 Å². The van der Waals surface area contributed by atoms with E-state index in [1.807, 2.05) is 18.3 Å². The van der Waals surface area contributed by atoms with Crippen LogP contribution >= 0.6 is 0 Å². The average molecular weight is 382 g/mol. The van der Waals surface area contributed by atoms with E-state index in [9.17, 15) is 9.59 Å². The Morgan fingerprint density at radius 3 is 2.57 bits per heavy atom.